The topological polar surface area (TPSA) is 43.4 Å². The number of carbonyl (C=O) groups excluding carboxylic acids is 2. The predicted octanol–water partition coefficient (Wildman–Crippen LogP) is 2.96. The zero-order valence-electron chi connectivity index (χ0n) is 10.7. The molecule has 2 rings (SSSR count). The summed E-state index contributed by atoms with van der Waals surface area (Å²) in [6, 6.07) is 0. The summed E-state index contributed by atoms with van der Waals surface area (Å²) in [5, 5.41) is 0. The molecule has 98 valence electrons. The van der Waals surface area contributed by atoms with Gasteiger partial charge in [0.15, 0.2) is 5.76 Å². The van der Waals surface area contributed by atoms with Gasteiger partial charge in [-0.15, -0.1) is 0 Å². The first-order valence-corrected chi connectivity index (χ1v) is 6.87. The first-order chi connectivity index (χ1) is 8.77. The van der Waals surface area contributed by atoms with Crippen molar-refractivity contribution >= 4 is 11.6 Å². The smallest absolute Gasteiger partial charge is 0.266 e. The summed E-state index contributed by atoms with van der Waals surface area (Å²) in [6.07, 6.45) is 12.8. The van der Waals surface area contributed by atoms with E-state index in [2.05, 4.69) is 0 Å². The maximum atomic E-state index is 11.8. The highest BCUT2D eigenvalue weighted by molar-refractivity contribution is 6.46. The minimum Gasteiger partial charge on any atom is -0.490 e. The van der Waals surface area contributed by atoms with Crippen LogP contribution in [0.15, 0.2) is 24.0 Å². The van der Waals surface area contributed by atoms with Gasteiger partial charge in [-0.3, -0.25) is 9.59 Å². The Bertz CT molecular complexity index is 373. The van der Waals surface area contributed by atoms with E-state index in [1.165, 1.54) is 25.3 Å². The molecule has 3 heteroatoms. The van der Waals surface area contributed by atoms with Crippen LogP contribution in [-0.2, 0) is 14.3 Å². The molecule has 0 amide bonds. The summed E-state index contributed by atoms with van der Waals surface area (Å²) in [6.45, 7) is 0.539. The van der Waals surface area contributed by atoms with Crippen molar-refractivity contribution in [2.45, 2.75) is 44.9 Å². The Balaban J connectivity index is 1.88. The van der Waals surface area contributed by atoms with Gasteiger partial charge in [0.25, 0.3) is 5.78 Å². The summed E-state index contributed by atoms with van der Waals surface area (Å²) in [4.78, 5) is 23.5. The third-order valence-corrected chi connectivity index (χ3v) is 3.55. The highest BCUT2D eigenvalue weighted by atomic mass is 16.5. The van der Waals surface area contributed by atoms with Gasteiger partial charge in [-0.1, -0.05) is 25.3 Å². The van der Waals surface area contributed by atoms with Crippen molar-refractivity contribution in [1.82, 2.24) is 0 Å². The van der Waals surface area contributed by atoms with Crippen LogP contribution in [0.4, 0.5) is 0 Å². The van der Waals surface area contributed by atoms with Crippen LogP contribution in [0.5, 0.6) is 0 Å². The Morgan fingerprint density at radius 3 is 2.61 bits per heavy atom. The second-order valence-corrected chi connectivity index (χ2v) is 5.01. The Kier molecular flexibility index (Phi) is 4.73. The third kappa shape index (κ3) is 3.56. The fourth-order valence-electron chi connectivity index (χ4n) is 2.46. The normalized spacial score (nSPS) is 21.4. The summed E-state index contributed by atoms with van der Waals surface area (Å²) in [7, 11) is 0. The second kappa shape index (κ2) is 6.53. The highest BCUT2D eigenvalue weighted by Gasteiger charge is 2.20. The summed E-state index contributed by atoms with van der Waals surface area (Å²) in [5.41, 5.74) is 0. The molecule has 0 radical (unpaired) electrons. The van der Waals surface area contributed by atoms with Crippen LogP contribution in [0.25, 0.3) is 0 Å². The van der Waals surface area contributed by atoms with Gasteiger partial charge in [-0.25, -0.2) is 0 Å². The van der Waals surface area contributed by atoms with E-state index in [1.807, 2.05) is 6.08 Å². The second-order valence-electron chi connectivity index (χ2n) is 5.01. The minimum absolute atomic E-state index is 0.236. The molecule has 0 atom stereocenters. The van der Waals surface area contributed by atoms with Gasteiger partial charge in [-0.05, 0) is 43.8 Å². The number of rotatable bonds is 4. The van der Waals surface area contributed by atoms with Crippen LogP contribution in [-0.4, -0.2) is 18.2 Å². The lowest BCUT2D eigenvalue weighted by Gasteiger charge is -2.17. The maximum absolute atomic E-state index is 11.8. The molecule has 0 aromatic heterocycles. The van der Waals surface area contributed by atoms with Crippen molar-refractivity contribution in [2.24, 2.45) is 5.92 Å². The molecule has 3 nitrogen and oxygen atoms in total. The monoisotopic (exact) mass is 248 g/mol. The Morgan fingerprint density at radius 1 is 1.17 bits per heavy atom. The van der Waals surface area contributed by atoms with E-state index in [4.69, 9.17) is 4.74 Å². The third-order valence-electron chi connectivity index (χ3n) is 3.55. The van der Waals surface area contributed by atoms with Crippen molar-refractivity contribution < 1.29 is 14.3 Å². The summed E-state index contributed by atoms with van der Waals surface area (Å²) < 4.78 is 5.21. The van der Waals surface area contributed by atoms with E-state index in [-0.39, 0.29) is 5.76 Å². The van der Waals surface area contributed by atoms with Crippen molar-refractivity contribution in [2.75, 3.05) is 6.61 Å². The Hall–Kier alpha value is -1.38. The average Bonchev–Trinajstić information content (AvgIpc) is 2.46. The van der Waals surface area contributed by atoms with Gasteiger partial charge < -0.3 is 4.74 Å². The zero-order chi connectivity index (χ0) is 12.8. The molecular formula is C15H20O3. The molecule has 0 bridgehead atoms. The molecule has 0 saturated heterocycles. The molecule has 1 fully saturated rings. The number of Topliss-reactive ketones (excluding diaryl/α,β-unsaturated/α-hetero) is 1. The lowest BCUT2D eigenvalue weighted by molar-refractivity contribution is -0.133. The number of allylic oxidation sites excluding steroid dienone is 4. The maximum Gasteiger partial charge on any atom is 0.266 e. The van der Waals surface area contributed by atoms with Crippen LogP contribution in [0.2, 0.25) is 0 Å². The molecule has 18 heavy (non-hydrogen) atoms. The molecule has 0 aromatic rings. The van der Waals surface area contributed by atoms with Gasteiger partial charge in [0, 0.05) is 0 Å². The molecule has 1 aliphatic heterocycles. The molecule has 1 aliphatic carbocycles. The van der Waals surface area contributed by atoms with E-state index < -0.39 is 11.6 Å². The Morgan fingerprint density at radius 2 is 1.94 bits per heavy atom. The molecule has 0 aromatic carbocycles. The number of ether oxygens (including phenoxy) is 1. The van der Waals surface area contributed by atoms with E-state index in [0.717, 1.165) is 25.7 Å². The van der Waals surface area contributed by atoms with Crippen LogP contribution < -0.4 is 0 Å². The van der Waals surface area contributed by atoms with E-state index >= 15 is 0 Å². The molecular weight excluding hydrogens is 228 g/mol. The van der Waals surface area contributed by atoms with Crippen molar-refractivity contribution in [1.29, 1.82) is 0 Å². The fourth-order valence-corrected chi connectivity index (χ4v) is 2.46. The molecule has 2 aliphatic rings. The number of hydrogen-bond acceptors (Lipinski definition) is 3. The number of ketones is 2. The van der Waals surface area contributed by atoms with Crippen molar-refractivity contribution in [3.05, 3.63) is 24.0 Å². The average molecular weight is 248 g/mol. The lowest BCUT2D eigenvalue weighted by Crippen LogP contribution is -2.18. The number of hydrogen-bond donors (Lipinski definition) is 0. The van der Waals surface area contributed by atoms with Crippen molar-refractivity contribution in [3.8, 4) is 0 Å². The molecule has 1 heterocycles. The molecule has 0 spiro atoms. The van der Waals surface area contributed by atoms with E-state index in [0.29, 0.717) is 12.5 Å². The fraction of sp³-hybridized carbons (Fsp3) is 0.600. The molecule has 0 unspecified atom stereocenters. The van der Waals surface area contributed by atoms with E-state index in [9.17, 15) is 9.59 Å². The largest absolute Gasteiger partial charge is 0.490 e. The van der Waals surface area contributed by atoms with Gasteiger partial charge >= 0.3 is 0 Å². The zero-order valence-corrected chi connectivity index (χ0v) is 10.7. The Labute approximate surface area is 108 Å². The standard InChI is InChI=1S/C15H20O3/c16-13(10-9-12-6-2-1-3-7-12)15(17)14-8-4-5-11-18-14/h8-10,12H,1-7,11H2/b10-9+. The number of carbonyl (C=O) groups is 2. The van der Waals surface area contributed by atoms with Gasteiger partial charge in [-0.2, -0.15) is 0 Å². The summed E-state index contributed by atoms with van der Waals surface area (Å²) in [5.74, 6) is -0.244. The molecule has 0 N–H and O–H groups in total. The minimum atomic E-state index is -0.498. The van der Waals surface area contributed by atoms with Crippen LogP contribution >= 0.6 is 0 Å². The van der Waals surface area contributed by atoms with Crippen LogP contribution in [0, 0.1) is 5.92 Å². The van der Waals surface area contributed by atoms with Crippen LogP contribution in [0.3, 0.4) is 0 Å². The van der Waals surface area contributed by atoms with Gasteiger partial charge in [0.05, 0.1) is 6.61 Å². The van der Waals surface area contributed by atoms with Gasteiger partial charge in [0.1, 0.15) is 0 Å². The lowest BCUT2D eigenvalue weighted by atomic mass is 9.89. The summed E-state index contributed by atoms with van der Waals surface area (Å²) >= 11 is 0. The van der Waals surface area contributed by atoms with E-state index in [1.54, 1.807) is 6.08 Å². The first kappa shape index (κ1) is 13.1. The quantitative estimate of drug-likeness (QED) is 0.567. The predicted molar refractivity (Wildman–Crippen MR) is 69.0 cm³/mol. The van der Waals surface area contributed by atoms with Crippen molar-refractivity contribution in [3.63, 3.8) is 0 Å². The molecule has 1 saturated carbocycles. The van der Waals surface area contributed by atoms with Crippen LogP contribution in [0.1, 0.15) is 44.9 Å². The van der Waals surface area contributed by atoms with Gasteiger partial charge in [0.2, 0.25) is 5.78 Å². The SMILES string of the molecule is O=C(/C=C/C1CCCCC1)C(=O)C1=CCCCO1. The highest BCUT2D eigenvalue weighted by Crippen LogP contribution is 2.24. The first-order valence-electron chi connectivity index (χ1n) is 6.87.